The minimum atomic E-state index is -0.953. The van der Waals surface area contributed by atoms with E-state index in [1.54, 1.807) is 25.7 Å². The molecule has 10 nitrogen and oxygen atoms in total. The van der Waals surface area contributed by atoms with E-state index in [1.165, 1.54) is 6.08 Å². The van der Waals surface area contributed by atoms with Crippen LogP contribution in [0.25, 0.3) is 0 Å². The fraction of sp³-hybridized carbons (Fsp3) is 0.750. The second-order valence-electron chi connectivity index (χ2n) is 11.8. The molecule has 38 heavy (non-hydrogen) atoms. The third-order valence-electron chi connectivity index (χ3n) is 7.44. The van der Waals surface area contributed by atoms with Crippen molar-refractivity contribution in [2.75, 3.05) is 13.1 Å². The Kier molecular flexibility index (Phi) is 10.3. The maximum Gasteiger partial charge on any atom is 0.408 e. The van der Waals surface area contributed by atoms with Crippen LogP contribution < -0.4 is 16.0 Å². The number of fused-ring (bicyclic) bond motifs is 3. The van der Waals surface area contributed by atoms with Gasteiger partial charge in [-0.05, 0) is 51.9 Å². The van der Waals surface area contributed by atoms with Gasteiger partial charge in [-0.25, -0.2) is 4.79 Å². The van der Waals surface area contributed by atoms with Crippen LogP contribution in [0.1, 0.15) is 85.0 Å². The molecule has 2 saturated heterocycles. The molecule has 212 valence electrons. The first-order valence-corrected chi connectivity index (χ1v) is 14.0. The lowest BCUT2D eigenvalue weighted by atomic mass is 9.99. The number of ketones is 1. The normalized spacial score (nSPS) is 28.8. The Labute approximate surface area is 225 Å². The Hall–Kier alpha value is -2.91. The highest BCUT2D eigenvalue weighted by atomic mass is 16.6. The van der Waals surface area contributed by atoms with Gasteiger partial charge < -0.3 is 25.6 Å². The smallest absolute Gasteiger partial charge is 0.408 e. The SMILES string of the molecule is C=CCNC(=O)C(=O)[C@@H]1CCCCCCCCC[C@H](NC(=O)OC(C)(C)C)C(=O)N2C[C@@H]3C[C@@H]3[C@H]2C(=O)N1. The van der Waals surface area contributed by atoms with Gasteiger partial charge in [0.1, 0.15) is 17.7 Å². The maximum absolute atomic E-state index is 13.7. The van der Waals surface area contributed by atoms with Gasteiger partial charge in [-0.2, -0.15) is 0 Å². The molecule has 0 aromatic carbocycles. The predicted octanol–water partition coefficient (Wildman–Crippen LogP) is 2.61. The van der Waals surface area contributed by atoms with Crippen molar-refractivity contribution < 1.29 is 28.7 Å². The van der Waals surface area contributed by atoms with Crippen LogP contribution >= 0.6 is 0 Å². The molecule has 0 spiro atoms. The number of hydrogen-bond donors (Lipinski definition) is 3. The van der Waals surface area contributed by atoms with Gasteiger partial charge in [0.15, 0.2) is 0 Å². The zero-order chi connectivity index (χ0) is 27.9. The Balaban J connectivity index is 1.79. The molecule has 3 aliphatic rings. The van der Waals surface area contributed by atoms with Crippen LogP contribution in [0.3, 0.4) is 0 Å². The molecule has 10 heteroatoms. The lowest BCUT2D eigenvalue weighted by Crippen LogP contribution is -2.57. The third kappa shape index (κ3) is 8.30. The molecule has 5 atom stereocenters. The van der Waals surface area contributed by atoms with Crippen LogP contribution in [0.5, 0.6) is 0 Å². The third-order valence-corrected chi connectivity index (χ3v) is 7.44. The first kappa shape index (κ1) is 29.6. The van der Waals surface area contributed by atoms with Crippen molar-refractivity contribution in [2.45, 2.75) is 109 Å². The second kappa shape index (κ2) is 13.2. The molecule has 0 unspecified atom stereocenters. The van der Waals surface area contributed by atoms with Crippen molar-refractivity contribution in [1.29, 1.82) is 0 Å². The number of piperidine rings is 1. The first-order chi connectivity index (χ1) is 18.0. The number of carbonyl (C=O) groups is 5. The molecule has 3 rings (SSSR count). The average molecular weight is 533 g/mol. The molecular formula is C28H44N4O6. The van der Waals surface area contributed by atoms with E-state index in [1.807, 2.05) is 0 Å². The minimum absolute atomic E-state index is 0.0188. The van der Waals surface area contributed by atoms with E-state index in [9.17, 15) is 24.0 Å². The molecule has 0 aromatic rings. The van der Waals surface area contributed by atoms with Crippen LogP contribution in [-0.2, 0) is 23.9 Å². The molecular weight excluding hydrogens is 488 g/mol. The van der Waals surface area contributed by atoms with Crippen LogP contribution in [-0.4, -0.2) is 71.3 Å². The van der Waals surface area contributed by atoms with E-state index in [-0.39, 0.29) is 24.3 Å². The zero-order valence-electron chi connectivity index (χ0n) is 23.1. The summed E-state index contributed by atoms with van der Waals surface area (Å²) in [6.45, 7) is 9.43. The fourth-order valence-corrected chi connectivity index (χ4v) is 5.45. The number of amides is 4. The van der Waals surface area contributed by atoms with E-state index in [4.69, 9.17) is 4.74 Å². The van der Waals surface area contributed by atoms with Gasteiger partial charge in [0.25, 0.3) is 5.91 Å². The van der Waals surface area contributed by atoms with E-state index < -0.39 is 47.4 Å². The molecule has 1 saturated carbocycles. The van der Waals surface area contributed by atoms with E-state index in [0.717, 1.165) is 44.9 Å². The summed E-state index contributed by atoms with van der Waals surface area (Å²) in [5.41, 5.74) is -0.706. The average Bonchev–Trinajstić information content (AvgIpc) is 3.50. The van der Waals surface area contributed by atoms with Crippen molar-refractivity contribution >= 4 is 29.6 Å². The van der Waals surface area contributed by atoms with Gasteiger partial charge in [-0.15, -0.1) is 6.58 Å². The van der Waals surface area contributed by atoms with E-state index in [2.05, 4.69) is 22.5 Å². The lowest BCUT2D eigenvalue weighted by Gasteiger charge is -2.32. The zero-order valence-corrected chi connectivity index (χ0v) is 23.1. The number of hydrogen-bond acceptors (Lipinski definition) is 6. The van der Waals surface area contributed by atoms with Crippen LogP contribution in [0.2, 0.25) is 0 Å². The van der Waals surface area contributed by atoms with Crippen LogP contribution in [0, 0.1) is 11.8 Å². The number of nitrogens with one attached hydrogen (secondary N) is 3. The summed E-state index contributed by atoms with van der Waals surface area (Å²) in [6, 6.07) is -2.48. The molecule has 1 aliphatic carbocycles. The van der Waals surface area contributed by atoms with Gasteiger partial charge in [0.2, 0.25) is 17.6 Å². The number of nitrogens with zero attached hydrogens (tertiary/aromatic N) is 1. The van der Waals surface area contributed by atoms with Crippen molar-refractivity contribution in [3.63, 3.8) is 0 Å². The highest BCUT2D eigenvalue weighted by Gasteiger charge is 2.57. The van der Waals surface area contributed by atoms with Crippen LogP contribution in [0.15, 0.2) is 12.7 Å². The lowest BCUT2D eigenvalue weighted by molar-refractivity contribution is -0.143. The predicted molar refractivity (Wildman–Crippen MR) is 142 cm³/mol. The van der Waals surface area contributed by atoms with Crippen molar-refractivity contribution in [3.05, 3.63) is 12.7 Å². The number of Topliss-reactive ketones (excluding diaryl/α,β-unsaturated/α-hetero) is 1. The van der Waals surface area contributed by atoms with Gasteiger partial charge in [0.05, 0.1) is 6.04 Å². The van der Waals surface area contributed by atoms with Crippen LogP contribution in [0.4, 0.5) is 4.79 Å². The summed E-state index contributed by atoms with van der Waals surface area (Å²) in [4.78, 5) is 66.7. The van der Waals surface area contributed by atoms with Crippen molar-refractivity contribution in [2.24, 2.45) is 11.8 Å². The topological polar surface area (TPSA) is 134 Å². The standard InChI is InChI=1S/C28H44N4O6/c1-5-15-29-25(35)23(33)20-13-11-9-7-6-8-10-12-14-21(31-27(37)38-28(2,3)4)26(36)32-17-18-16-19(18)22(32)24(34)30-20/h5,18-22H,1,6-17H2,2-4H3,(H,29,35)(H,30,34)(H,31,37)/t18-,19-,20-,21-,22-/m0/s1. The van der Waals surface area contributed by atoms with E-state index in [0.29, 0.717) is 25.8 Å². The van der Waals surface area contributed by atoms with Gasteiger partial charge >= 0.3 is 6.09 Å². The molecule has 2 heterocycles. The van der Waals surface area contributed by atoms with Crippen molar-refractivity contribution in [3.8, 4) is 0 Å². The molecule has 3 N–H and O–H groups in total. The maximum atomic E-state index is 13.7. The number of carbonyl (C=O) groups excluding carboxylic acids is 5. The first-order valence-electron chi connectivity index (χ1n) is 14.0. The van der Waals surface area contributed by atoms with Crippen molar-refractivity contribution in [1.82, 2.24) is 20.9 Å². The molecule has 4 amide bonds. The summed E-state index contributed by atoms with van der Waals surface area (Å²) >= 11 is 0. The monoisotopic (exact) mass is 532 g/mol. The summed E-state index contributed by atoms with van der Waals surface area (Å²) in [6.07, 6.45) is 8.81. The molecule has 3 fully saturated rings. The molecule has 0 aromatic heterocycles. The fourth-order valence-electron chi connectivity index (χ4n) is 5.45. The number of rotatable bonds is 5. The Morgan fingerprint density at radius 2 is 1.68 bits per heavy atom. The minimum Gasteiger partial charge on any atom is -0.444 e. The summed E-state index contributed by atoms with van der Waals surface area (Å²) in [5, 5.41) is 8.06. The van der Waals surface area contributed by atoms with E-state index >= 15 is 0 Å². The molecule has 2 aliphatic heterocycles. The largest absolute Gasteiger partial charge is 0.444 e. The second-order valence-corrected chi connectivity index (χ2v) is 11.8. The Bertz CT molecular complexity index is 914. The number of alkyl carbamates (subject to hydrolysis) is 1. The quantitative estimate of drug-likeness (QED) is 0.368. The molecule has 0 radical (unpaired) electrons. The molecule has 0 bridgehead atoms. The highest BCUT2D eigenvalue weighted by molar-refractivity contribution is 6.38. The van der Waals surface area contributed by atoms with Gasteiger partial charge in [-0.1, -0.05) is 51.0 Å². The van der Waals surface area contributed by atoms with Gasteiger partial charge in [-0.3, -0.25) is 19.2 Å². The summed E-state index contributed by atoms with van der Waals surface area (Å²) in [7, 11) is 0. The van der Waals surface area contributed by atoms with Gasteiger partial charge in [0, 0.05) is 13.1 Å². The summed E-state index contributed by atoms with van der Waals surface area (Å²) < 4.78 is 5.40. The Morgan fingerprint density at radius 1 is 1.05 bits per heavy atom. The summed E-state index contributed by atoms with van der Waals surface area (Å²) in [5.74, 6) is -1.92. The number of ether oxygens (including phenoxy) is 1. The Morgan fingerprint density at radius 3 is 2.32 bits per heavy atom. The highest BCUT2D eigenvalue weighted by Crippen LogP contribution is 2.49.